The summed E-state index contributed by atoms with van der Waals surface area (Å²) in [5.74, 6) is -1.11. The number of ketones is 2. The maximum atomic E-state index is 12.3. The Labute approximate surface area is 172 Å². The van der Waals surface area contributed by atoms with Gasteiger partial charge in [-0.05, 0) is 25.7 Å². The minimum Gasteiger partial charge on any atom is -0.459 e. The third-order valence-corrected chi connectivity index (χ3v) is 5.06. The maximum Gasteiger partial charge on any atom is 0.309 e. The van der Waals surface area contributed by atoms with Gasteiger partial charge in [0.2, 0.25) is 0 Å². The molecule has 1 aliphatic rings. The first-order chi connectivity index (χ1) is 14.3. The van der Waals surface area contributed by atoms with E-state index in [1.54, 1.807) is 0 Å². The van der Waals surface area contributed by atoms with Crippen molar-refractivity contribution >= 4 is 23.5 Å². The molecule has 0 aromatic carbocycles. The first kappa shape index (κ1) is 21.4. The summed E-state index contributed by atoms with van der Waals surface area (Å²) in [4.78, 5) is 60.4. The summed E-state index contributed by atoms with van der Waals surface area (Å²) in [6, 6.07) is 0. The topological polar surface area (TPSA) is 144 Å². The number of aromatic nitrogens is 4. The van der Waals surface area contributed by atoms with Crippen LogP contribution in [0.3, 0.4) is 0 Å². The second-order valence-electron chi connectivity index (χ2n) is 7.39. The molecule has 10 heteroatoms. The van der Waals surface area contributed by atoms with Crippen LogP contribution >= 0.6 is 0 Å². The molecule has 160 valence electrons. The van der Waals surface area contributed by atoms with E-state index in [9.17, 15) is 19.2 Å². The summed E-state index contributed by atoms with van der Waals surface area (Å²) in [6.45, 7) is 2.84. The molecule has 0 saturated heterocycles. The first-order valence-corrected chi connectivity index (χ1v) is 9.76. The van der Waals surface area contributed by atoms with Gasteiger partial charge in [0.1, 0.15) is 13.2 Å². The number of imidazole rings is 2. The fourth-order valence-electron chi connectivity index (χ4n) is 3.32. The van der Waals surface area contributed by atoms with E-state index in [2.05, 4.69) is 19.9 Å². The molecule has 0 spiro atoms. The van der Waals surface area contributed by atoms with E-state index in [1.807, 2.05) is 0 Å². The molecule has 2 N–H and O–H groups in total. The van der Waals surface area contributed by atoms with Crippen LogP contribution in [-0.4, -0.2) is 43.4 Å². The molecule has 2 aromatic rings. The molecule has 1 saturated carbocycles. The van der Waals surface area contributed by atoms with Crippen molar-refractivity contribution in [1.29, 1.82) is 0 Å². The molecular weight excluding hydrogens is 392 g/mol. The number of esters is 2. The Morgan fingerprint density at radius 3 is 1.47 bits per heavy atom. The number of nitrogens with one attached hydrogen (secondary N) is 2. The zero-order chi connectivity index (χ0) is 21.7. The second kappa shape index (κ2) is 9.47. The van der Waals surface area contributed by atoms with Gasteiger partial charge in [-0.1, -0.05) is 0 Å². The highest BCUT2D eigenvalue weighted by molar-refractivity contribution is 5.90. The summed E-state index contributed by atoms with van der Waals surface area (Å²) in [5.41, 5.74) is 1.11. The van der Waals surface area contributed by atoms with Crippen LogP contribution in [0.15, 0.2) is 12.4 Å². The third-order valence-electron chi connectivity index (χ3n) is 5.06. The lowest BCUT2D eigenvalue weighted by Crippen LogP contribution is -2.28. The average molecular weight is 416 g/mol. The van der Waals surface area contributed by atoms with Gasteiger partial charge < -0.3 is 19.4 Å². The fourth-order valence-corrected chi connectivity index (χ4v) is 3.32. The zero-order valence-corrected chi connectivity index (χ0v) is 16.9. The number of rotatable bonds is 8. The molecule has 0 aliphatic heterocycles. The van der Waals surface area contributed by atoms with Gasteiger partial charge >= 0.3 is 11.9 Å². The highest BCUT2D eigenvalue weighted by atomic mass is 16.5. The molecule has 0 amide bonds. The van der Waals surface area contributed by atoms with Crippen molar-refractivity contribution < 1.29 is 28.7 Å². The fraction of sp³-hybridized carbons (Fsp3) is 0.500. The molecule has 10 nitrogen and oxygen atoms in total. The molecular formula is C20H24N4O6. The number of aromatic amines is 2. The molecule has 0 bridgehead atoms. The Kier molecular flexibility index (Phi) is 6.76. The second-order valence-corrected chi connectivity index (χ2v) is 7.39. The number of carbonyl (C=O) groups is 4. The van der Waals surface area contributed by atoms with Gasteiger partial charge in [0, 0.05) is 13.8 Å². The molecule has 2 aromatic heterocycles. The smallest absolute Gasteiger partial charge is 0.309 e. The van der Waals surface area contributed by atoms with Crippen LogP contribution < -0.4 is 0 Å². The lowest BCUT2D eigenvalue weighted by atomic mass is 9.82. The number of carbonyl (C=O) groups excluding carboxylic acids is 4. The molecule has 3 rings (SSSR count). The summed E-state index contributed by atoms with van der Waals surface area (Å²) < 4.78 is 10.6. The van der Waals surface area contributed by atoms with Crippen molar-refractivity contribution in [2.45, 2.75) is 52.7 Å². The van der Waals surface area contributed by atoms with Crippen LogP contribution in [0, 0.1) is 11.8 Å². The van der Waals surface area contributed by atoms with Gasteiger partial charge in [0.15, 0.2) is 23.2 Å². The summed E-state index contributed by atoms with van der Waals surface area (Å²) in [6.07, 6.45) is 5.10. The number of ether oxygens (including phenoxy) is 2. The number of Topliss-reactive ketones (excluding diaryl/α,β-unsaturated/α-hetero) is 2. The van der Waals surface area contributed by atoms with Crippen LogP contribution in [-0.2, 0) is 32.3 Å². The number of hydrogen-bond acceptors (Lipinski definition) is 8. The van der Waals surface area contributed by atoms with Crippen molar-refractivity contribution in [3.63, 3.8) is 0 Å². The Morgan fingerprint density at radius 2 is 1.17 bits per heavy atom. The lowest BCUT2D eigenvalue weighted by molar-refractivity contribution is -0.156. The van der Waals surface area contributed by atoms with Crippen LogP contribution in [0.5, 0.6) is 0 Å². The van der Waals surface area contributed by atoms with Gasteiger partial charge in [0.05, 0.1) is 35.6 Å². The predicted octanol–water partition coefficient (Wildman–Crippen LogP) is 2.13. The van der Waals surface area contributed by atoms with Crippen LogP contribution in [0.2, 0.25) is 0 Å². The number of H-pyrrole nitrogens is 2. The monoisotopic (exact) mass is 416 g/mol. The highest BCUT2D eigenvalue weighted by Gasteiger charge is 2.31. The minimum atomic E-state index is -0.324. The standard InChI is InChI=1S/C20H24N4O6/c1-11(25)17-21-7-15(23-17)9-29-19(27)13-3-5-14(6-4-13)20(28)30-10-16-8-22-18(24-16)12(2)26/h7-8,13-14H,3-6,9-10H2,1-2H3,(H,21,23)(H,22,24). The van der Waals surface area contributed by atoms with Gasteiger partial charge in [0.25, 0.3) is 0 Å². The quantitative estimate of drug-likeness (QED) is 0.492. The van der Waals surface area contributed by atoms with Crippen molar-refractivity contribution in [2.75, 3.05) is 0 Å². The molecule has 2 heterocycles. The van der Waals surface area contributed by atoms with Crippen molar-refractivity contribution in [1.82, 2.24) is 19.9 Å². The van der Waals surface area contributed by atoms with Gasteiger partial charge in [-0.25, -0.2) is 9.97 Å². The Balaban J connectivity index is 1.39. The van der Waals surface area contributed by atoms with Crippen molar-refractivity contribution in [2.24, 2.45) is 11.8 Å². The maximum absolute atomic E-state index is 12.3. The van der Waals surface area contributed by atoms with Gasteiger partial charge in [-0.15, -0.1) is 0 Å². The van der Waals surface area contributed by atoms with Crippen molar-refractivity contribution in [3.05, 3.63) is 35.4 Å². The van der Waals surface area contributed by atoms with Crippen LogP contribution in [0.25, 0.3) is 0 Å². The van der Waals surface area contributed by atoms with E-state index in [0.29, 0.717) is 37.1 Å². The van der Waals surface area contributed by atoms with Crippen LogP contribution in [0.4, 0.5) is 0 Å². The molecule has 0 atom stereocenters. The molecule has 1 aliphatic carbocycles. The largest absolute Gasteiger partial charge is 0.459 e. The van der Waals surface area contributed by atoms with Gasteiger partial charge in [-0.2, -0.15) is 0 Å². The van der Waals surface area contributed by atoms with E-state index in [-0.39, 0.29) is 60.2 Å². The Morgan fingerprint density at radius 1 is 0.800 bits per heavy atom. The summed E-state index contributed by atoms with van der Waals surface area (Å²) in [5, 5.41) is 0. The molecule has 1 fully saturated rings. The zero-order valence-electron chi connectivity index (χ0n) is 16.9. The molecule has 0 radical (unpaired) electrons. The Hall–Kier alpha value is -3.30. The third kappa shape index (κ3) is 5.40. The first-order valence-electron chi connectivity index (χ1n) is 9.76. The minimum absolute atomic E-state index is 0.0213. The predicted molar refractivity (Wildman–Crippen MR) is 102 cm³/mol. The van der Waals surface area contributed by atoms with Crippen LogP contribution in [0.1, 0.15) is 72.2 Å². The lowest BCUT2D eigenvalue weighted by Gasteiger charge is -2.25. The number of hydrogen-bond donors (Lipinski definition) is 2. The summed E-state index contributed by atoms with van der Waals surface area (Å²) >= 11 is 0. The van der Waals surface area contributed by atoms with E-state index in [4.69, 9.17) is 9.47 Å². The molecule has 30 heavy (non-hydrogen) atoms. The highest BCUT2D eigenvalue weighted by Crippen LogP contribution is 2.30. The average Bonchev–Trinajstić information content (AvgIpc) is 3.40. The van der Waals surface area contributed by atoms with E-state index < -0.39 is 0 Å². The normalized spacial score (nSPS) is 18.6. The SMILES string of the molecule is CC(=O)c1ncc(COC(=O)C2CCC(C(=O)OCc3cnc(C(C)=O)[nH]3)CC2)[nH]1. The van der Waals surface area contributed by atoms with E-state index >= 15 is 0 Å². The van der Waals surface area contributed by atoms with Crippen molar-refractivity contribution in [3.8, 4) is 0 Å². The van der Waals surface area contributed by atoms with E-state index in [1.165, 1.54) is 26.2 Å². The van der Waals surface area contributed by atoms with E-state index in [0.717, 1.165) is 0 Å². The summed E-state index contributed by atoms with van der Waals surface area (Å²) in [7, 11) is 0. The number of nitrogens with zero attached hydrogens (tertiary/aromatic N) is 2. The Bertz CT molecular complexity index is 863. The van der Waals surface area contributed by atoms with Gasteiger partial charge in [-0.3, -0.25) is 19.2 Å². The molecule has 0 unspecified atom stereocenters.